The lowest BCUT2D eigenvalue weighted by Gasteiger charge is -2.31. The maximum absolute atomic E-state index is 14.7. The van der Waals surface area contributed by atoms with Crippen LogP contribution >= 0.6 is 21.6 Å². The van der Waals surface area contributed by atoms with Crippen LogP contribution in [0.5, 0.6) is 0 Å². The van der Waals surface area contributed by atoms with Gasteiger partial charge in [-0.3, -0.25) is 57.7 Å². The van der Waals surface area contributed by atoms with Gasteiger partial charge in [-0.25, -0.2) is 0 Å². The number of guanidine groups is 1. The minimum Gasteiger partial charge on any atom is -0.370 e. The van der Waals surface area contributed by atoms with Crippen LogP contribution in [0.25, 0.3) is 0 Å². The average Bonchev–Trinajstić information content (AvgIpc) is 3.87. The number of amides is 11. The van der Waals surface area contributed by atoms with Gasteiger partial charge in [-0.2, -0.15) is 0 Å². The molecule has 11 amide bonds. The zero-order valence-electron chi connectivity index (χ0n) is 43.0. The number of hydrogen-bond donors (Lipinski definition) is 13. The number of hydrogen-bond acceptors (Lipinski definition) is 15. The summed E-state index contributed by atoms with van der Waals surface area (Å²) >= 11 is 0. The highest BCUT2D eigenvalue weighted by Crippen LogP contribution is 2.26. The van der Waals surface area contributed by atoms with Crippen LogP contribution in [0.2, 0.25) is 0 Å². The van der Waals surface area contributed by atoms with Crippen molar-refractivity contribution < 1.29 is 52.7 Å². The van der Waals surface area contributed by atoms with Gasteiger partial charge < -0.3 is 76.5 Å². The highest BCUT2D eigenvalue weighted by Gasteiger charge is 2.41. The van der Waals surface area contributed by atoms with Gasteiger partial charge in [0.1, 0.15) is 42.3 Å². The summed E-state index contributed by atoms with van der Waals surface area (Å²) in [5.41, 5.74) is 36.5. The van der Waals surface area contributed by atoms with E-state index in [4.69, 9.17) is 34.4 Å². The fraction of sp³-hybridized carbons (Fsp3) is 0.510. The third-order valence-electron chi connectivity index (χ3n) is 12.6. The van der Waals surface area contributed by atoms with Crippen LogP contribution in [0, 0.1) is 13.8 Å². The second-order valence-electron chi connectivity index (χ2n) is 18.7. The van der Waals surface area contributed by atoms with E-state index < -0.39 is 139 Å². The first-order valence-corrected chi connectivity index (χ1v) is 27.4. The molecule has 2 fully saturated rings. The van der Waals surface area contributed by atoms with Crippen molar-refractivity contribution in [1.82, 2.24) is 42.1 Å². The van der Waals surface area contributed by atoms with Gasteiger partial charge >= 0.3 is 0 Å². The summed E-state index contributed by atoms with van der Waals surface area (Å²) in [5.74, 6) is -9.97. The SMILES string of the molecule is Cc1cccc(C)c1C[C@H]1NC(=O)[C@@H](N)CSSC[C@@H](C(=O)N2CCC[C@H]2C(=O)N[C@H](CCCCN=C(N)N)C(=O)NCC(N)=O)NC(=O)[C@H](CC(N)=O)NC(=O)[C@H](CCC(N)=O)NC(=O)[C@H](Cc2ccccc2)NC1=O. The second kappa shape index (κ2) is 30.9. The molecule has 2 aromatic rings. The average molecular weight is 1110 g/mol. The van der Waals surface area contributed by atoms with Gasteiger partial charge in [0.15, 0.2) is 5.96 Å². The number of likely N-dealkylation sites (tertiary alicyclic amines) is 1. The number of benzene rings is 2. The van der Waals surface area contributed by atoms with Gasteiger partial charge in [0.05, 0.1) is 19.0 Å². The molecular weight excluding hydrogens is 1040 g/mol. The molecule has 0 spiro atoms. The molecule has 2 saturated heterocycles. The van der Waals surface area contributed by atoms with E-state index in [1.165, 1.54) is 4.90 Å². The van der Waals surface area contributed by atoms with E-state index >= 15 is 0 Å². The maximum Gasteiger partial charge on any atom is 0.246 e. The first-order valence-electron chi connectivity index (χ1n) is 24.9. The molecule has 2 aromatic carbocycles. The Morgan fingerprint density at radius 3 is 1.94 bits per heavy atom. The first-order chi connectivity index (χ1) is 36.5. The van der Waals surface area contributed by atoms with Gasteiger partial charge in [0.25, 0.3) is 0 Å². The van der Waals surface area contributed by atoms with E-state index in [-0.39, 0.29) is 56.2 Å². The van der Waals surface area contributed by atoms with Crippen LogP contribution in [0.15, 0.2) is 53.5 Å². The number of unbranched alkanes of at least 4 members (excludes halogenated alkanes) is 1. The Hall–Kier alpha value is -7.46. The fourth-order valence-electron chi connectivity index (χ4n) is 8.47. The Morgan fingerprint density at radius 1 is 0.701 bits per heavy atom. The standard InChI is InChI=1S/C49H71N15O11S2/c1-26-10-8-11-27(2)29(26)21-34-45(72)61-33(20-28-12-4-3-5-13-28)44(71)58-32(16-17-38(51)65)43(70)62-35(22-39(52)66)46(73)63-36(25-77-76-24-30(50)41(68)60-34)48(75)64-19-9-15-37(64)47(74)59-31(42(69)57-23-40(53)67)14-6-7-18-56-49(54)55/h3-5,8,10-13,30-37H,6-7,9,14-25,50H2,1-2H3,(H2,51,65)(H2,52,66)(H2,53,67)(H,57,69)(H,58,71)(H,59,74)(H,60,68)(H,61,72)(H,62,70)(H,63,73)(H4,54,55,56)/t30-,31+,32-,33-,34+,35-,36-,37-/m0/s1. The minimum absolute atomic E-state index is 0.0158. The van der Waals surface area contributed by atoms with Gasteiger partial charge in [0, 0.05) is 43.9 Å². The lowest BCUT2D eigenvalue weighted by molar-refractivity contribution is -0.142. The summed E-state index contributed by atoms with van der Waals surface area (Å²) < 4.78 is 0. The van der Waals surface area contributed by atoms with Crippen LogP contribution in [-0.4, -0.2) is 155 Å². The van der Waals surface area contributed by atoms with Crippen molar-refractivity contribution in [3.8, 4) is 0 Å². The molecule has 4 rings (SSSR count). The van der Waals surface area contributed by atoms with Crippen LogP contribution in [0.3, 0.4) is 0 Å². The monoisotopic (exact) mass is 1110 g/mol. The third kappa shape index (κ3) is 20.5. The second-order valence-corrected chi connectivity index (χ2v) is 21.2. The highest BCUT2D eigenvalue weighted by molar-refractivity contribution is 8.76. The zero-order chi connectivity index (χ0) is 56.8. The number of aryl methyl sites for hydroxylation is 2. The molecular formula is C49H71N15O11S2. The number of nitrogens with zero attached hydrogens (tertiary/aromatic N) is 2. The molecule has 28 heteroatoms. The molecule has 2 heterocycles. The van der Waals surface area contributed by atoms with Crippen LogP contribution < -0.4 is 71.6 Å². The number of carbonyl (C=O) groups excluding carboxylic acids is 11. The predicted octanol–water partition coefficient (Wildman–Crippen LogP) is -4.10. The summed E-state index contributed by atoms with van der Waals surface area (Å²) in [6.45, 7) is 3.43. The number of rotatable bonds is 20. The number of primary amides is 3. The molecule has 0 unspecified atom stereocenters. The van der Waals surface area contributed by atoms with Crippen molar-refractivity contribution in [3.05, 3.63) is 70.8 Å². The molecule has 0 aromatic heterocycles. The van der Waals surface area contributed by atoms with Gasteiger partial charge in [0.2, 0.25) is 65.0 Å². The summed E-state index contributed by atoms with van der Waals surface area (Å²) in [5, 5.41) is 18.1. The molecule has 2 aliphatic heterocycles. The fourth-order valence-corrected chi connectivity index (χ4v) is 10.7. The van der Waals surface area contributed by atoms with Gasteiger partial charge in [-0.15, -0.1) is 0 Å². The van der Waals surface area contributed by atoms with Gasteiger partial charge in [-0.05, 0) is 74.6 Å². The van der Waals surface area contributed by atoms with Crippen LogP contribution in [0.4, 0.5) is 0 Å². The quantitative estimate of drug-likeness (QED) is 0.0259. The normalized spacial score (nSPS) is 22.4. The molecule has 0 radical (unpaired) electrons. The molecule has 2 aliphatic rings. The molecule has 0 aliphatic carbocycles. The molecule has 77 heavy (non-hydrogen) atoms. The molecule has 8 atom stereocenters. The smallest absolute Gasteiger partial charge is 0.246 e. The minimum atomic E-state index is -1.78. The van der Waals surface area contributed by atoms with Crippen molar-refractivity contribution in [1.29, 1.82) is 0 Å². The van der Waals surface area contributed by atoms with Crippen LogP contribution in [0.1, 0.15) is 73.6 Å². The Labute approximate surface area is 453 Å². The van der Waals surface area contributed by atoms with E-state index in [0.717, 1.165) is 38.3 Å². The topological polar surface area (TPSA) is 444 Å². The Kier molecular flexibility index (Phi) is 24.9. The lowest BCUT2D eigenvalue weighted by atomic mass is 9.95. The Balaban J connectivity index is 1.72. The van der Waals surface area contributed by atoms with Crippen molar-refractivity contribution >= 4 is 92.5 Å². The Morgan fingerprint density at radius 2 is 1.30 bits per heavy atom. The van der Waals surface area contributed by atoms with Crippen molar-refractivity contribution in [2.24, 2.45) is 39.4 Å². The molecule has 0 saturated carbocycles. The molecule has 0 bridgehead atoms. The first kappa shape index (κ1) is 62.1. The van der Waals surface area contributed by atoms with E-state index in [9.17, 15) is 52.7 Å². The Bertz CT molecular complexity index is 2480. The number of aliphatic imine (C=N–C) groups is 1. The summed E-state index contributed by atoms with van der Waals surface area (Å²) in [6, 6.07) is 2.94. The summed E-state index contributed by atoms with van der Waals surface area (Å²) in [7, 11) is 2.06. The van der Waals surface area contributed by atoms with E-state index in [2.05, 4.69) is 42.2 Å². The third-order valence-corrected chi connectivity index (χ3v) is 15.0. The molecule has 19 N–H and O–H groups in total. The van der Waals surface area contributed by atoms with Gasteiger partial charge in [-0.1, -0.05) is 70.1 Å². The van der Waals surface area contributed by atoms with E-state index in [1.54, 1.807) is 30.3 Å². The van der Waals surface area contributed by atoms with E-state index in [1.807, 2.05) is 32.0 Å². The van der Waals surface area contributed by atoms with Crippen molar-refractivity contribution in [2.75, 3.05) is 31.1 Å². The van der Waals surface area contributed by atoms with Crippen molar-refractivity contribution in [2.45, 2.75) is 126 Å². The zero-order valence-corrected chi connectivity index (χ0v) is 44.6. The van der Waals surface area contributed by atoms with Crippen LogP contribution in [-0.2, 0) is 65.6 Å². The maximum atomic E-state index is 14.7. The summed E-state index contributed by atoms with van der Waals surface area (Å²) in [6.07, 6.45) is -0.480. The number of nitrogens with one attached hydrogen (secondary N) is 7. The number of nitrogens with two attached hydrogens (primary N) is 6. The predicted molar refractivity (Wildman–Crippen MR) is 288 cm³/mol. The highest BCUT2D eigenvalue weighted by atomic mass is 33.1. The molecule has 420 valence electrons. The summed E-state index contributed by atoms with van der Waals surface area (Å²) in [4.78, 5) is 154. The van der Waals surface area contributed by atoms with E-state index in [0.29, 0.717) is 24.8 Å². The lowest BCUT2D eigenvalue weighted by Crippen LogP contribution is -2.61. The van der Waals surface area contributed by atoms with Crippen molar-refractivity contribution in [3.63, 3.8) is 0 Å². The molecule has 26 nitrogen and oxygen atoms in total. The largest absolute Gasteiger partial charge is 0.370 e. The number of carbonyl (C=O) groups is 11.